The standard InChI is InChI=1S/C21H31NO7/c1-12(2)27-16-13(14(23)15(16)24)21(17(25)28-19(3,4)5)10-9-11-22(21)18(26)29-20(6,7)8/h12H,9-11H2,1-8H3/t21-/m1/s1. The van der Waals surface area contributed by atoms with Crippen LogP contribution in [0.4, 0.5) is 4.79 Å². The first kappa shape index (κ1) is 22.9. The van der Waals surface area contributed by atoms with Gasteiger partial charge in [-0.25, -0.2) is 9.59 Å². The number of nitrogens with zero attached hydrogens (tertiary/aromatic N) is 1. The molecule has 29 heavy (non-hydrogen) atoms. The fraction of sp³-hybridized carbons (Fsp3) is 0.714. The summed E-state index contributed by atoms with van der Waals surface area (Å²) in [6.07, 6.45) is -0.549. The van der Waals surface area contributed by atoms with Gasteiger partial charge in [0.1, 0.15) is 11.2 Å². The molecule has 0 aliphatic carbocycles. The van der Waals surface area contributed by atoms with Crippen LogP contribution in [0.3, 0.4) is 0 Å². The summed E-state index contributed by atoms with van der Waals surface area (Å²) in [5.74, 6) is -0.944. The third-order valence-corrected chi connectivity index (χ3v) is 4.37. The summed E-state index contributed by atoms with van der Waals surface area (Å²) in [4.78, 5) is 52.3. The average Bonchev–Trinajstić information content (AvgIpc) is 2.96. The van der Waals surface area contributed by atoms with Crippen LogP contribution < -0.4 is 15.6 Å². The van der Waals surface area contributed by atoms with E-state index in [4.69, 9.17) is 14.2 Å². The Morgan fingerprint density at radius 2 is 1.52 bits per heavy atom. The molecule has 0 radical (unpaired) electrons. The fourth-order valence-electron chi connectivity index (χ4n) is 3.41. The second-order valence-corrected chi connectivity index (χ2v) is 9.63. The molecule has 0 aromatic heterocycles. The van der Waals surface area contributed by atoms with Crippen LogP contribution in [-0.4, -0.2) is 40.8 Å². The van der Waals surface area contributed by atoms with Gasteiger partial charge in [-0.15, -0.1) is 0 Å². The van der Waals surface area contributed by atoms with Crippen molar-refractivity contribution in [3.8, 4) is 5.75 Å². The van der Waals surface area contributed by atoms with Crippen molar-refractivity contribution in [2.45, 2.75) is 91.1 Å². The summed E-state index contributed by atoms with van der Waals surface area (Å²) in [5, 5.41) is 0. The highest BCUT2D eigenvalue weighted by molar-refractivity contribution is 5.89. The predicted octanol–water partition coefficient (Wildman–Crippen LogP) is 2.64. The molecule has 0 N–H and O–H groups in total. The number of esters is 1. The van der Waals surface area contributed by atoms with Gasteiger partial charge in [0.05, 0.1) is 11.7 Å². The molecule has 1 amide bonds. The number of amides is 1. The number of ether oxygens (including phenoxy) is 3. The van der Waals surface area contributed by atoms with E-state index in [0.29, 0.717) is 6.42 Å². The predicted molar refractivity (Wildman–Crippen MR) is 107 cm³/mol. The molecule has 1 aliphatic rings. The maximum absolute atomic E-state index is 13.4. The van der Waals surface area contributed by atoms with Gasteiger partial charge >= 0.3 is 12.1 Å². The topological polar surface area (TPSA) is 99.2 Å². The Bertz CT molecular complexity index is 865. The van der Waals surface area contributed by atoms with Crippen molar-refractivity contribution < 1.29 is 23.8 Å². The number of rotatable bonds is 4. The monoisotopic (exact) mass is 409 g/mol. The van der Waals surface area contributed by atoms with E-state index in [-0.39, 0.29) is 30.4 Å². The Balaban J connectivity index is 2.64. The molecule has 0 bridgehead atoms. The minimum Gasteiger partial charge on any atom is -0.486 e. The van der Waals surface area contributed by atoms with Gasteiger partial charge in [0, 0.05) is 6.54 Å². The first-order valence-electron chi connectivity index (χ1n) is 9.84. The number of carbonyl (C=O) groups excluding carboxylic acids is 2. The maximum Gasteiger partial charge on any atom is 0.411 e. The molecule has 0 unspecified atom stereocenters. The lowest BCUT2D eigenvalue weighted by molar-refractivity contribution is -0.169. The molecular formula is C21H31NO7. The van der Waals surface area contributed by atoms with Crippen molar-refractivity contribution in [1.29, 1.82) is 0 Å². The molecule has 0 saturated carbocycles. The van der Waals surface area contributed by atoms with Crippen molar-refractivity contribution >= 4 is 12.1 Å². The van der Waals surface area contributed by atoms with Gasteiger partial charge in [0.25, 0.3) is 5.43 Å². The highest BCUT2D eigenvalue weighted by atomic mass is 16.6. The van der Waals surface area contributed by atoms with Gasteiger partial charge in [0.2, 0.25) is 5.43 Å². The quantitative estimate of drug-likeness (QED) is 0.557. The Labute approximate surface area is 170 Å². The molecule has 1 aliphatic heterocycles. The number of carbonyl (C=O) groups is 2. The molecule has 8 nitrogen and oxygen atoms in total. The van der Waals surface area contributed by atoms with Crippen molar-refractivity contribution in [3.05, 3.63) is 26.0 Å². The van der Waals surface area contributed by atoms with Crippen LogP contribution in [0.1, 0.15) is 73.8 Å². The molecule has 162 valence electrons. The Kier molecular flexibility index (Phi) is 5.89. The van der Waals surface area contributed by atoms with E-state index in [1.807, 2.05) is 0 Å². The normalized spacial score (nSPS) is 20.2. The van der Waals surface area contributed by atoms with Gasteiger partial charge in [-0.3, -0.25) is 14.5 Å². The Morgan fingerprint density at radius 1 is 0.966 bits per heavy atom. The minimum absolute atomic E-state index is 0.117. The molecule has 1 fully saturated rings. The summed E-state index contributed by atoms with van der Waals surface area (Å²) < 4.78 is 16.6. The first-order chi connectivity index (χ1) is 13.1. The fourth-order valence-corrected chi connectivity index (χ4v) is 3.41. The Morgan fingerprint density at radius 3 is 2.00 bits per heavy atom. The second-order valence-electron chi connectivity index (χ2n) is 9.63. The van der Waals surface area contributed by atoms with Gasteiger partial charge in [-0.05, 0) is 68.2 Å². The van der Waals surface area contributed by atoms with Crippen molar-refractivity contribution in [2.24, 2.45) is 0 Å². The summed E-state index contributed by atoms with van der Waals surface area (Å²) in [6, 6.07) is 0. The maximum atomic E-state index is 13.4. The summed E-state index contributed by atoms with van der Waals surface area (Å²) in [5.41, 5.74) is -5.15. The second kappa shape index (κ2) is 7.46. The van der Waals surface area contributed by atoms with E-state index in [2.05, 4.69) is 0 Å². The molecule has 2 rings (SSSR count). The SMILES string of the molecule is CC(C)Oc1c([C@@]2(C(=O)OC(C)(C)C)CCCN2C(=O)OC(C)(C)C)c(=O)c1=O. The van der Waals surface area contributed by atoms with E-state index < -0.39 is 39.7 Å². The van der Waals surface area contributed by atoms with E-state index in [1.54, 1.807) is 55.4 Å². The van der Waals surface area contributed by atoms with Gasteiger partial charge in [-0.1, -0.05) is 0 Å². The molecule has 8 heteroatoms. The van der Waals surface area contributed by atoms with E-state index in [0.717, 1.165) is 0 Å². The van der Waals surface area contributed by atoms with Gasteiger partial charge in [0.15, 0.2) is 11.3 Å². The minimum atomic E-state index is -1.75. The number of hydrogen-bond acceptors (Lipinski definition) is 7. The number of hydrogen-bond donors (Lipinski definition) is 0. The third-order valence-electron chi connectivity index (χ3n) is 4.37. The van der Waals surface area contributed by atoms with E-state index in [9.17, 15) is 19.2 Å². The smallest absolute Gasteiger partial charge is 0.411 e. The average molecular weight is 409 g/mol. The van der Waals surface area contributed by atoms with Crippen LogP contribution in [0.2, 0.25) is 0 Å². The molecule has 1 heterocycles. The largest absolute Gasteiger partial charge is 0.486 e. The highest BCUT2D eigenvalue weighted by Crippen LogP contribution is 2.44. The zero-order chi connectivity index (χ0) is 22.4. The van der Waals surface area contributed by atoms with Crippen LogP contribution in [-0.2, 0) is 19.8 Å². The van der Waals surface area contributed by atoms with Crippen LogP contribution in [0.15, 0.2) is 9.59 Å². The van der Waals surface area contributed by atoms with E-state index >= 15 is 0 Å². The molecular weight excluding hydrogens is 378 g/mol. The molecule has 1 aromatic rings. The lowest BCUT2D eigenvalue weighted by Gasteiger charge is -2.39. The summed E-state index contributed by atoms with van der Waals surface area (Å²) in [6.45, 7) is 13.8. The van der Waals surface area contributed by atoms with Gasteiger partial charge in [-0.2, -0.15) is 0 Å². The summed E-state index contributed by atoms with van der Waals surface area (Å²) in [7, 11) is 0. The lowest BCUT2D eigenvalue weighted by Crippen LogP contribution is -2.59. The zero-order valence-electron chi connectivity index (χ0n) is 18.5. The van der Waals surface area contributed by atoms with E-state index in [1.165, 1.54) is 4.90 Å². The van der Waals surface area contributed by atoms with Crippen molar-refractivity contribution in [2.75, 3.05) is 6.54 Å². The molecule has 1 atom stereocenters. The van der Waals surface area contributed by atoms with Crippen molar-refractivity contribution in [1.82, 2.24) is 4.90 Å². The van der Waals surface area contributed by atoms with Crippen LogP contribution in [0.5, 0.6) is 5.75 Å². The van der Waals surface area contributed by atoms with Gasteiger partial charge < -0.3 is 14.2 Å². The van der Waals surface area contributed by atoms with Crippen LogP contribution in [0, 0.1) is 0 Å². The van der Waals surface area contributed by atoms with Crippen molar-refractivity contribution in [3.63, 3.8) is 0 Å². The molecule has 1 aromatic carbocycles. The third kappa shape index (κ3) is 4.46. The molecule has 1 saturated heterocycles. The first-order valence-corrected chi connectivity index (χ1v) is 9.84. The summed E-state index contributed by atoms with van der Waals surface area (Å²) >= 11 is 0. The zero-order valence-corrected chi connectivity index (χ0v) is 18.5. The number of likely N-dealkylation sites (tertiary alicyclic amines) is 1. The highest BCUT2D eigenvalue weighted by Gasteiger charge is 2.59. The lowest BCUT2D eigenvalue weighted by atomic mass is 9.83. The van der Waals surface area contributed by atoms with Crippen LogP contribution >= 0.6 is 0 Å². The molecule has 0 spiro atoms. The van der Waals surface area contributed by atoms with Crippen LogP contribution in [0.25, 0.3) is 0 Å². The Hall–Kier alpha value is -2.38.